The van der Waals surface area contributed by atoms with E-state index in [-0.39, 0.29) is 0 Å². The highest BCUT2D eigenvalue weighted by Crippen LogP contribution is 2.31. The first-order valence-electron chi connectivity index (χ1n) is 4.23. The molecule has 0 unspecified atom stereocenters. The van der Waals surface area contributed by atoms with Crippen molar-refractivity contribution < 1.29 is 9.90 Å². The minimum atomic E-state index is -0.852. The summed E-state index contributed by atoms with van der Waals surface area (Å²) in [5.41, 5.74) is 2.37. The standard InChI is InChI=1S/C10H9ClO2/c11-9-5-4-8(10(12)13)6-2-1-3-7(6)9/h4-5H,1-3H2,(H,12,13). The van der Waals surface area contributed by atoms with Crippen LogP contribution in [-0.2, 0) is 12.8 Å². The van der Waals surface area contributed by atoms with Crippen LogP contribution in [0.5, 0.6) is 0 Å². The summed E-state index contributed by atoms with van der Waals surface area (Å²) in [4.78, 5) is 10.8. The van der Waals surface area contributed by atoms with Crippen LogP contribution in [0.1, 0.15) is 27.9 Å². The number of aromatic carboxylic acids is 1. The normalized spacial score (nSPS) is 14.2. The SMILES string of the molecule is O=C(O)c1ccc(Cl)c2c1CCC2. The van der Waals surface area contributed by atoms with Crippen molar-refractivity contribution in [3.8, 4) is 0 Å². The van der Waals surface area contributed by atoms with E-state index in [0.29, 0.717) is 10.6 Å². The zero-order valence-electron chi connectivity index (χ0n) is 7.01. The van der Waals surface area contributed by atoms with Gasteiger partial charge in [-0.2, -0.15) is 0 Å². The molecule has 0 atom stereocenters. The average Bonchev–Trinajstić information content (AvgIpc) is 2.53. The van der Waals surface area contributed by atoms with Gasteiger partial charge in [-0.15, -0.1) is 0 Å². The first-order chi connectivity index (χ1) is 6.20. The molecule has 1 N–H and O–H groups in total. The number of benzene rings is 1. The van der Waals surface area contributed by atoms with Crippen LogP contribution in [0.3, 0.4) is 0 Å². The molecule has 1 aliphatic rings. The van der Waals surface area contributed by atoms with E-state index in [1.54, 1.807) is 12.1 Å². The molecule has 0 saturated heterocycles. The van der Waals surface area contributed by atoms with Crippen LogP contribution in [0.25, 0.3) is 0 Å². The Morgan fingerprint density at radius 3 is 2.69 bits per heavy atom. The van der Waals surface area contributed by atoms with Crippen molar-refractivity contribution in [2.75, 3.05) is 0 Å². The van der Waals surface area contributed by atoms with Gasteiger partial charge in [0, 0.05) is 5.02 Å². The van der Waals surface area contributed by atoms with Gasteiger partial charge in [0.2, 0.25) is 0 Å². The van der Waals surface area contributed by atoms with Crippen LogP contribution in [0, 0.1) is 0 Å². The smallest absolute Gasteiger partial charge is 0.335 e. The Balaban J connectivity index is 2.62. The van der Waals surface area contributed by atoms with E-state index in [2.05, 4.69) is 0 Å². The first-order valence-corrected chi connectivity index (χ1v) is 4.61. The Morgan fingerprint density at radius 2 is 2.00 bits per heavy atom. The molecule has 1 aliphatic carbocycles. The Labute approximate surface area is 81.1 Å². The second-order valence-corrected chi connectivity index (χ2v) is 3.62. The van der Waals surface area contributed by atoms with E-state index in [4.69, 9.17) is 16.7 Å². The van der Waals surface area contributed by atoms with Gasteiger partial charge in [0.25, 0.3) is 0 Å². The molecule has 0 fully saturated rings. The van der Waals surface area contributed by atoms with Gasteiger partial charge in [0.15, 0.2) is 0 Å². The average molecular weight is 197 g/mol. The summed E-state index contributed by atoms with van der Waals surface area (Å²) < 4.78 is 0. The van der Waals surface area contributed by atoms with Gasteiger partial charge in [-0.1, -0.05) is 11.6 Å². The third-order valence-electron chi connectivity index (χ3n) is 2.46. The van der Waals surface area contributed by atoms with Gasteiger partial charge < -0.3 is 5.11 Å². The molecule has 0 aliphatic heterocycles. The maximum Gasteiger partial charge on any atom is 0.335 e. The molecule has 3 heteroatoms. The zero-order valence-corrected chi connectivity index (χ0v) is 7.77. The van der Waals surface area contributed by atoms with Crippen LogP contribution >= 0.6 is 11.6 Å². The number of hydrogen-bond acceptors (Lipinski definition) is 1. The van der Waals surface area contributed by atoms with Crippen LogP contribution in [0.15, 0.2) is 12.1 Å². The molecule has 68 valence electrons. The highest BCUT2D eigenvalue weighted by atomic mass is 35.5. The lowest BCUT2D eigenvalue weighted by Crippen LogP contribution is -2.01. The summed E-state index contributed by atoms with van der Waals surface area (Å²) >= 11 is 5.95. The molecular formula is C10H9ClO2. The summed E-state index contributed by atoms with van der Waals surface area (Å²) in [7, 11) is 0. The number of hydrogen-bond donors (Lipinski definition) is 1. The maximum atomic E-state index is 10.8. The molecule has 2 rings (SSSR count). The van der Waals surface area contributed by atoms with Crippen molar-refractivity contribution in [3.63, 3.8) is 0 Å². The molecule has 0 amide bonds. The van der Waals surface area contributed by atoms with Crippen molar-refractivity contribution in [1.29, 1.82) is 0 Å². The quantitative estimate of drug-likeness (QED) is 0.750. The van der Waals surface area contributed by atoms with E-state index in [1.165, 1.54) is 0 Å². The predicted octanol–water partition coefficient (Wildman–Crippen LogP) is 2.53. The van der Waals surface area contributed by atoms with Crippen LogP contribution < -0.4 is 0 Å². The van der Waals surface area contributed by atoms with Gasteiger partial charge in [-0.25, -0.2) is 4.79 Å². The topological polar surface area (TPSA) is 37.3 Å². The van der Waals surface area contributed by atoms with E-state index in [9.17, 15) is 4.79 Å². The lowest BCUT2D eigenvalue weighted by atomic mass is 10.0. The van der Waals surface area contributed by atoms with Crippen LogP contribution in [0.4, 0.5) is 0 Å². The Hall–Kier alpha value is -1.02. The van der Waals surface area contributed by atoms with Gasteiger partial charge in [0.05, 0.1) is 5.56 Å². The van der Waals surface area contributed by atoms with Crippen molar-refractivity contribution in [2.45, 2.75) is 19.3 Å². The molecule has 0 saturated carbocycles. The Bertz CT molecular complexity index is 371. The highest BCUT2D eigenvalue weighted by Gasteiger charge is 2.20. The van der Waals surface area contributed by atoms with Crippen molar-refractivity contribution in [3.05, 3.63) is 33.8 Å². The third kappa shape index (κ3) is 1.31. The van der Waals surface area contributed by atoms with E-state index in [0.717, 1.165) is 30.4 Å². The number of carboxylic acid groups (broad SMARTS) is 1. The Morgan fingerprint density at radius 1 is 1.31 bits per heavy atom. The summed E-state index contributed by atoms with van der Waals surface area (Å²) in [6.07, 6.45) is 2.77. The fourth-order valence-corrected chi connectivity index (χ4v) is 2.13. The fourth-order valence-electron chi connectivity index (χ4n) is 1.86. The molecule has 0 aromatic heterocycles. The number of halogens is 1. The molecule has 13 heavy (non-hydrogen) atoms. The molecule has 0 heterocycles. The summed E-state index contributed by atoms with van der Waals surface area (Å²) in [5, 5.41) is 9.60. The second-order valence-electron chi connectivity index (χ2n) is 3.21. The van der Waals surface area contributed by atoms with Gasteiger partial charge in [-0.3, -0.25) is 0 Å². The van der Waals surface area contributed by atoms with Crippen molar-refractivity contribution in [2.24, 2.45) is 0 Å². The largest absolute Gasteiger partial charge is 0.478 e. The Kier molecular flexibility index (Phi) is 2.00. The number of fused-ring (bicyclic) bond motifs is 1. The third-order valence-corrected chi connectivity index (χ3v) is 2.81. The summed E-state index contributed by atoms with van der Waals surface area (Å²) in [5.74, 6) is -0.852. The molecule has 0 radical (unpaired) electrons. The van der Waals surface area contributed by atoms with E-state index in [1.807, 2.05) is 0 Å². The zero-order chi connectivity index (χ0) is 9.42. The van der Waals surface area contributed by atoms with Crippen LogP contribution in [0.2, 0.25) is 5.02 Å². The minimum Gasteiger partial charge on any atom is -0.478 e. The minimum absolute atomic E-state index is 0.414. The molecule has 1 aromatic carbocycles. The van der Waals surface area contributed by atoms with Gasteiger partial charge >= 0.3 is 5.97 Å². The molecule has 1 aromatic rings. The number of carboxylic acids is 1. The van der Waals surface area contributed by atoms with Crippen molar-refractivity contribution in [1.82, 2.24) is 0 Å². The highest BCUT2D eigenvalue weighted by molar-refractivity contribution is 6.31. The lowest BCUT2D eigenvalue weighted by Gasteiger charge is -2.05. The summed E-state index contributed by atoms with van der Waals surface area (Å²) in [6.45, 7) is 0. The lowest BCUT2D eigenvalue weighted by molar-refractivity contribution is 0.0696. The molecule has 0 spiro atoms. The second kappa shape index (κ2) is 3.04. The molecule has 2 nitrogen and oxygen atoms in total. The van der Waals surface area contributed by atoms with Gasteiger partial charge in [-0.05, 0) is 42.5 Å². The van der Waals surface area contributed by atoms with Gasteiger partial charge in [0.1, 0.15) is 0 Å². The van der Waals surface area contributed by atoms with E-state index < -0.39 is 5.97 Å². The summed E-state index contributed by atoms with van der Waals surface area (Å²) in [6, 6.07) is 3.27. The van der Waals surface area contributed by atoms with Crippen molar-refractivity contribution >= 4 is 17.6 Å². The van der Waals surface area contributed by atoms with E-state index >= 15 is 0 Å². The maximum absolute atomic E-state index is 10.8. The molecule has 0 bridgehead atoms. The molecular weight excluding hydrogens is 188 g/mol. The monoisotopic (exact) mass is 196 g/mol. The van der Waals surface area contributed by atoms with Crippen LogP contribution in [-0.4, -0.2) is 11.1 Å². The first kappa shape index (κ1) is 8.57. The number of carbonyl (C=O) groups is 1. The number of rotatable bonds is 1. The fraction of sp³-hybridized carbons (Fsp3) is 0.300. The predicted molar refractivity (Wildman–Crippen MR) is 50.4 cm³/mol.